The van der Waals surface area contributed by atoms with Gasteiger partial charge in [0.25, 0.3) is 0 Å². The number of hydrogen-bond donors (Lipinski definition) is 2. The lowest BCUT2D eigenvalue weighted by molar-refractivity contribution is -0.288. The van der Waals surface area contributed by atoms with E-state index in [2.05, 4.69) is 0 Å². The predicted octanol–water partition coefficient (Wildman–Crippen LogP) is 2.35. The number of methoxy groups -OCH3 is 2. The fourth-order valence-corrected chi connectivity index (χ4v) is 4.91. The lowest BCUT2D eigenvalue weighted by Gasteiger charge is -2.43. The normalized spacial score (nSPS) is 20.5. The van der Waals surface area contributed by atoms with Crippen LogP contribution >= 0.6 is 0 Å². The Balaban J connectivity index is 1.80. The number of rotatable bonds is 10. The summed E-state index contributed by atoms with van der Waals surface area (Å²) in [5.74, 6) is -4.12. The van der Waals surface area contributed by atoms with Crippen LogP contribution < -0.4 is 19.6 Å². The number of carbonyl (C=O) groups is 4. The average Bonchev–Trinajstić information content (AvgIpc) is 2.98. The topological polar surface area (TPSA) is 213 Å². The largest absolute Gasteiger partial charge is 0.507 e. The third-order valence-corrected chi connectivity index (χ3v) is 6.75. The molecule has 2 N–H and O–H groups in total. The number of benzene rings is 2. The van der Waals surface area contributed by atoms with Gasteiger partial charge in [-0.05, 0) is 12.1 Å². The minimum atomic E-state index is -1.62. The molecule has 1 fully saturated rings. The summed E-state index contributed by atoms with van der Waals surface area (Å²) in [6.45, 7) is 3.87. The molecule has 0 bridgehead atoms. The van der Waals surface area contributed by atoms with Gasteiger partial charge in [-0.25, -0.2) is 0 Å². The first-order valence-electron chi connectivity index (χ1n) is 14.0. The smallest absolute Gasteiger partial charge is 0.303 e. The molecule has 0 saturated carbocycles. The van der Waals surface area contributed by atoms with Gasteiger partial charge in [0.15, 0.2) is 29.1 Å². The van der Waals surface area contributed by atoms with E-state index in [1.807, 2.05) is 0 Å². The van der Waals surface area contributed by atoms with Crippen molar-refractivity contribution in [3.8, 4) is 40.1 Å². The monoisotopic (exact) mass is 660 g/mol. The van der Waals surface area contributed by atoms with E-state index in [9.17, 15) is 34.2 Å². The summed E-state index contributed by atoms with van der Waals surface area (Å²) in [6.07, 6.45) is -7.38. The van der Waals surface area contributed by atoms with Crippen LogP contribution in [-0.4, -0.2) is 85.6 Å². The van der Waals surface area contributed by atoms with Crippen molar-refractivity contribution in [2.75, 3.05) is 20.8 Å². The number of aromatic hydroxyl groups is 2. The van der Waals surface area contributed by atoms with Gasteiger partial charge in [0.1, 0.15) is 40.9 Å². The zero-order valence-corrected chi connectivity index (χ0v) is 26.1. The number of phenolic OH excluding ortho intramolecular Hbond substituents is 2. The van der Waals surface area contributed by atoms with Gasteiger partial charge in [0.05, 0.1) is 14.2 Å². The van der Waals surface area contributed by atoms with E-state index in [4.69, 9.17) is 42.3 Å². The number of phenols is 2. The summed E-state index contributed by atoms with van der Waals surface area (Å²) in [7, 11) is 2.65. The minimum Gasteiger partial charge on any atom is -0.507 e. The van der Waals surface area contributed by atoms with Crippen molar-refractivity contribution in [2.45, 2.75) is 58.4 Å². The van der Waals surface area contributed by atoms with E-state index in [0.29, 0.717) is 0 Å². The van der Waals surface area contributed by atoms with E-state index in [-0.39, 0.29) is 45.3 Å². The molecule has 5 unspecified atom stereocenters. The van der Waals surface area contributed by atoms with Crippen LogP contribution in [0.2, 0.25) is 0 Å². The zero-order valence-electron chi connectivity index (χ0n) is 26.1. The van der Waals surface area contributed by atoms with E-state index >= 15 is 0 Å². The van der Waals surface area contributed by atoms with Crippen molar-refractivity contribution in [1.82, 2.24) is 0 Å². The second-order valence-corrected chi connectivity index (χ2v) is 10.2. The molecule has 16 heteroatoms. The van der Waals surface area contributed by atoms with Crippen molar-refractivity contribution < 1.29 is 71.7 Å². The lowest BCUT2D eigenvalue weighted by Crippen LogP contribution is -2.63. The summed E-state index contributed by atoms with van der Waals surface area (Å²) in [5.41, 5.74) is -0.511. The summed E-state index contributed by atoms with van der Waals surface area (Å²) >= 11 is 0. The summed E-state index contributed by atoms with van der Waals surface area (Å²) in [5, 5.41) is 20.9. The maximum absolute atomic E-state index is 13.1. The minimum absolute atomic E-state index is 0.00273. The summed E-state index contributed by atoms with van der Waals surface area (Å²) in [6, 6.07) is 6.23. The molecule has 1 saturated heterocycles. The van der Waals surface area contributed by atoms with Gasteiger partial charge in [-0.1, -0.05) is 0 Å². The molecule has 4 rings (SSSR count). The Hall–Kier alpha value is -5.51. The van der Waals surface area contributed by atoms with Gasteiger partial charge < -0.3 is 52.5 Å². The van der Waals surface area contributed by atoms with Crippen molar-refractivity contribution in [3.05, 3.63) is 40.6 Å². The van der Waals surface area contributed by atoms with E-state index in [1.54, 1.807) is 0 Å². The SMILES string of the molecule is COc1cc(-c2cc(=O)c3c(O)cc(OC4OC(COC(C)=O)C(OC(C)=O)C(OC(C)=O)C4OC(C)=O)cc3o2)cc(OC)c1O. The van der Waals surface area contributed by atoms with Crippen LogP contribution in [-0.2, 0) is 42.9 Å². The van der Waals surface area contributed by atoms with Crippen molar-refractivity contribution in [2.24, 2.45) is 0 Å². The van der Waals surface area contributed by atoms with E-state index in [1.165, 1.54) is 32.4 Å². The number of carbonyl (C=O) groups excluding carboxylic acids is 4. The molecule has 0 aliphatic carbocycles. The molecule has 0 radical (unpaired) electrons. The van der Waals surface area contributed by atoms with Gasteiger partial charge in [-0.2, -0.15) is 0 Å². The number of esters is 4. The second kappa shape index (κ2) is 14.3. The number of hydrogen-bond acceptors (Lipinski definition) is 16. The Kier molecular flexibility index (Phi) is 10.4. The molecular weight excluding hydrogens is 628 g/mol. The highest BCUT2D eigenvalue weighted by Gasteiger charge is 2.53. The van der Waals surface area contributed by atoms with Crippen LogP contribution in [0, 0.1) is 0 Å². The quantitative estimate of drug-likeness (QED) is 0.236. The molecule has 16 nitrogen and oxygen atoms in total. The molecule has 0 amide bonds. The molecule has 2 heterocycles. The molecule has 47 heavy (non-hydrogen) atoms. The van der Waals surface area contributed by atoms with Crippen LogP contribution in [0.4, 0.5) is 0 Å². The maximum Gasteiger partial charge on any atom is 0.303 e. The Labute approximate surface area is 266 Å². The Bertz CT molecular complexity index is 1720. The Morgan fingerprint density at radius 3 is 1.89 bits per heavy atom. The van der Waals surface area contributed by atoms with Gasteiger partial charge >= 0.3 is 23.9 Å². The van der Waals surface area contributed by atoms with Gasteiger partial charge in [-0.3, -0.25) is 24.0 Å². The fourth-order valence-electron chi connectivity index (χ4n) is 4.91. The predicted molar refractivity (Wildman–Crippen MR) is 157 cm³/mol. The Morgan fingerprint density at radius 2 is 1.34 bits per heavy atom. The number of ether oxygens (including phenoxy) is 8. The van der Waals surface area contributed by atoms with Crippen LogP contribution in [0.25, 0.3) is 22.3 Å². The molecule has 1 aromatic heterocycles. The van der Waals surface area contributed by atoms with Gasteiger partial charge in [-0.15, -0.1) is 0 Å². The molecule has 1 aliphatic heterocycles. The molecule has 1 aliphatic rings. The molecule has 0 spiro atoms. The number of fused-ring (bicyclic) bond motifs is 1. The zero-order chi connectivity index (χ0) is 34.6. The van der Waals surface area contributed by atoms with Crippen LogP contribution in [0.1, 0.15) is 27.7 Å². The standard InChI is InChI=1S/C31H32O16/c1-13(32)41-12-25-28(42-14(2)33)29(43-15(3)34)30(44-16(4)35)31(47-25)45-18-9-19(36)26-20(37)11-21(46-22(26)10-18)17-7-23(39-5)27(38)24(8-17)40-6/h7-11,25,28-31,36,38H,12H2,1-6H3. The maximum atomic E-state index is 13.1. The molecule has 5 atom stereocenters. The molecular formula is C31H32O16. The highest BCUT2D eigenvalue weighted by atomic mass is 16.7. The van der Waals surface area contributed by atoms with Crippen LogP contribution in [0.5, 0.6) is 28.7 Å². The summed E-state index contributed by atoms with van der Waals surface area (Å²) < 4.78 is 49.4. The molecule has 3 aromatic rings. The van der Waals surface area contributed by atoms with Gasteiger partial charge in [0, 0.05) is 51.5 Å². The third-order valence-electron chi connectivity index (χ3n) is 6.75. The van der Waals surface area contributed by atoms with Crippen molar-refractivity contribution in [3.63, 3.8) is 0 Å². The molecule has 252 valence electrons. The van der Waals surface area contributed by atoms with Gasteiger partial charge in [0.2, 0.25) is 18.1 Å². The first-order valence-corrected chi connectivity index (χ1v) is 14.0. The molecule has 2 aromatic carbocycles. The Morgan fingerprint density at radius 1 is 0.766 bits per heavy atom. The van der Waals surface area contributed by atoms with E-state index in [0.717, 1.165) is 39.8 Å². The first-order chi connectivity index (χ1) is 22.2. The average molecular weight is 661 g/mol. The van der Waals surface area contributed by atoms with Crippen molar-refractivity contribution in [1.29, 1.82) is 0 Å². The highest BCUT2D eigenvalue weighted by Crippen LogP contribution is 2.41. The third kappa shape index (κ3) is 7.84. The summed E-state index contributed by atoms with van der Waals surface area (Å²) in [4.78, 5) is 60.9. The second-order valence-electron chi connectivity index (χ2n) is 10.2. The van der Waals surface area contributed by atoms with Crippen LogP contribution in [0.3, 0.4) is 0 Å². The fraction of sp³-hybridized carbons (Fsp3) is 0.387. The van der Waals surface area contributed by atoms with Crippen LogP contribution in [0.15, 0.2) is 39.5 Å². The first kappa shape index (κ1) is 34.4. The van der Waals surface area contributed by atoms with Crippen molar-refractivity contribution >= 4 is 34.8 Å². The van der Waals surface area contributed by atoms with E-state index < -0.39 is 72.4 Å². The lowest BCUT2D eigenvalue weighted by atomic mass is 9.98. The highest BCUT2D eigenvalue weighted by molar-refractivity contribution is 5.86.